The first-order valence-corrected chi connectivity index (χ1v) is 9.95. The average Bonchev–Trinajstić information content (AvgIpc) is 2.77. The van der Waals surface area contributed by atoms with E-state index in [0.29, 0.717) is 12.3 Å². The standard InChI is InChI=1S/C22H32O3/c1-5-22(25)13(2)10-17-19-16(7-9-21(17,22)4)20(3)8-6-15(23)11-14(20)12-18(19)24/h1,12-13,15-19,23-25H,6-11H2,2-4H3/t13-,15-,16?,17?,18+,19?,20+,21+,22+/m1/s1. The topological polar surface area (TPSA) is 60.7 Å². The van der Waals surface area contributed by atoms with E-state index in [0.717, 1.165) is 32.1 Å². The van der Waals surface area contributed by atoms with Gasteiger partial charge in [-0.15, -0.1) is 6.42 Å². The lowest BCUT2D eigenvalue weighted by molar-refractivity contribution is -0.127. The lowest BCUT2D eigenvalue weighted by atomic mass is 9.46. The number of fused-ring (bicyclic) bond motifs is 5. The highest BCUT2D eigenvalue weighted by molar-refractivity contribution is 5.31. The number of hydrogen-bond donors (Lipinski definition) is 3. The number of hydrogen-bond acceptors (Lipinski definition) is 3. The van der Waals surface area contributed by atoms with Gasteiger partial charge in [0, 0.05) is 5.41 Å². The van der Waals surface area contributed by atoms with Crippen molar-refractivity contribution in [2.75, 3.05) is 0 Å². The Morgan fingerprint density at radius 3 is 2.56 bits per heavy atom. The molecule has 0 aliphatic heterocycles. The minimum absolute atomic E-state index is 0.0600. The molecule has 4 aliphatic carbocycles. The van der Waals surface area contributed by atoms with Gasteiger partial charge in [0.25, 0.3) is 0 Å². The molecule has 0 aromatic carbocycles. The maximum atomic E-state index is 11.3. The first kappa shape index (κ1) is 17.6. The molecule has 0 aromatic heterocycles. The van der Waals surface area contributed by atoms with E-state index in [-0.39, 0.29) is 34.7 Å². The molecule has 9 atom stereocenters. The van der Waals surface area contributed by atoms with Gasteiger partial charge in [-0.05, 0) is 67.6 Å². The van der Waals surface area contributed by atoms with Crippen LogP contribution in [0, 0.1) is 46.8 Å². The second-order valence-corrected chi connectivity index (χ2v) is 9.79. The maximum Gasteiger partial charge on any atom is 0.133 e. The van der Waals surface area contributed by atoms with Crippen molar-refractivity contribution in [2.45, 2.75) is 77.1 Å². The van der Waals surface area contributed by atoms with Gasteiger partial charge in [-0.25, -0.2) is 0 Å². The molecule has 138 valence electrons. The second-order valence-electron chi connectivity index (χ2n) is 9.79. The summed E-state index contributed by atoms with van der Waals surface area (Å²) in [6, 6.07) is 0. The van der Waals surface area contributed by atoms with Crippen molar-refractivity contribution in [1.29, 1.82) is 0 Å². The molecule has 3 fully saturated rings. The van der Waals surface area contributed by atoms with Gasteiger partial charge < -0.3 is 15.3 Å². The average molecular weight is 344 g/mol. The summed E-state index contributed by atoms with van der Waals surface area (Å²) in [4.78, 5) is 0. The van der Waals surface area contributed by atoms with Crippen molar-refractivity contribution >= 4 is 0 Å². The minimum Gasteiger partial charge on any atom is -0.393 e. The van der Waals surface area contributed by atoms with Crippen molar-refractivity contribution < 1.29 is 15.3 Å². The van der Waals surface area contributed by atoms with Gasteiger partial charge in [0.15, 0.2) is 0 Å². The van der Waals surface area contributed by atoms with E-state index < -0.39 is 11.7 Å². The molecule has 0 spiro atoms. The summed E-state index contributed by atoms with van der Waals surface area (Å²) >= 11 is 0. The lowest BCUT2D eigenvalue weighted by Gasteiger charge is -2.59. The molecule has 0 bridgehead atoms. The predicted octanol–water partition coefficient (Wildman–Crippen LogP) is 2.89. The van der Waals surface area contributed by atoms with Crippen LogP contribution in [-0.2, 0) is 0 Å². The molecule has 0 heterocycles. The first-order chi connectivity index (χ1) is 11.7. The van der Waals surface area contributed by atoms with Crippen LogP contribution in [0.25, 0.3) is 0 Å². The largest absolute Gasteiger partial charge is 0.393 e. The van der Waals surface area contributed by atoms with Crippen molar-refractivity contribution in [3.05, 3.63) is 11.6 Å². The number of aliphatic hydroxyl groups is 3. The monoisotopic (exact) mass is 344 g/mol. The van der Waals surface area contributed by atoms with Crippen molar-refractivity contribution in [3.8, 4) is 12.3 Å². The summed E-state index contributed by atoms with van der Waals surface area (Å²) in [6.07, 6.45) is 12.4. The van der Waals surface area contributed by atoms with Crippen molar-refractivity contribution in [3.63, 3.8) is 0 Å². The SMILES string of the molecule is C#C[C@]1(O)[C@H](C)CC2C3C(CC[C@@]21C)[C@@]1(C)CC[C@@H](O)CC1=C[C@@H]3O. The van der Waals surface area contributed by atoms with Gasteiger partial charge in [0.1, 0.15) is 5.60 Å². The highest BCUT2D eigenvalue weighted by atomic mass is 16.3. The van der Waals surface area contributed by atoms with Gasteiger partial charge in [0.05, 0.1) is 12.2 Å². The molecule has 0 saturated heterocycles. The molecule has 3 unspecified atom stereocenters. The highest BCUT2D eigenvalue weighted by Crippen LogP contribution is 2.68. The molecule has 0 amide bonds. The fourth-order valence-corrected chi connectivity index (χ4v) is 7.28. The molecule has 3 N–H and O–H groups in total. The van der Waals surface area contributed by atoms with Gasteiger partial charge in [-0.2, -0.15) is 0 Å². The Bertz CT molecular complexity index is 648. The van der Waals surface area contributed by atoms with Gasteiger partial charge >= 0.3 is 0 Å². The molecule has 25 heavy (non-hydrogen) atoms. The van der Waals surface area contributed by atoms with E-state index in [2.05, 4.69) is 26.7 Å². The van der Waals surface area contributed by atoms with Gasteiger partial charge in [-0.1, -0.05) is 38.3 Å². The van der Waals surface area contributed by atoms with Crippen molar-refractivity contribution in [2.24, 2.45) is 34.5 Å². The van der Waals surface area contributed by atoms with Crippen LogP contribution >= 0.6 is 0 Å². The van der Waals surface area contributed by atoms with Crippen LogP contribution in [-0.4, -0.2) is 33.1 Å². The second kappa shape index (κ2) is 5.35. The Morgan fingerprint density at radius 1 is 1.16 bits per heavy atom. The van der Waals surface area contributed by atoms with Crippen LogP contribution in [0.4, 0.5) is 0 Å². The van der Waals surface area contributed by atoms with E-state index >= 15 is 0 Å². The van der Waals surface area contributed by atoms with E-state index in [1.165, 1.54) is 5.57 Å². The number of rotatable bonds is 0. The van der Waals surface area contributed by atoms with Crippen LogP contribution in [0.15, 0.2) is 11.6 Å². The van der Waals surface area contributed by atoms with E-state index in [9.17, 15) is 15.3 Å². The molecule has 4 aliphatic rings. The first-order valence-electron chi connectivity index (χ1n) is 9.95. The molecular formula is C22H32O3. The molecule has 0 radical (unpaired) electrons. The summed E-state index contributed by atoms with van der Waals surface area (Å²) < 4.78 is 0. The summed E-state index contributed by atoms with van der Waals surface area (Å²) in [5.74, 6) is 3.62. The normalized spacial score (nSPS) is 57.7. The van der Waals surface area contributed by atoms with Crippen LogP contribution in [0.1, 0.15) is 59.3 Å². The molecule has 3 heteroatoms. The van der Waals surface area contributed by atoms with Gasteiger partial charge in [0.2, 0.25) is 0 Å². The minimum atomic E-state index is -1.07. The Morgan fingerprint density at radius 2 is 1.88 bits per heavy atom. The van der Waals surface area contributed by atoms with E-state index in [1.807, 2.05) is 6.08 Å². The van der Waals surface area contributed by atoms with Crippen LogP contribution < -0.4 is 0 Å². The Labute approximate surface area is 151 Å². The Hall–Kier alpha value is -0.820. The lowest BCUT2D eigenvalue weighted by Crippen LogP contribution is -2.57. The number of terminal acetylenes is 1. The Balaban J connectivity index is 1.77. The molecule has 0 aromatic rings. The fraction of sp³-hybridized carbons (Fsp3) is 0.818. The zero-order valence-electron chi connectivity index (χ0n) is 15.7. The quantitative estimate of drug-likeness (QED) is 0.468. The molecule has 3 nitrogen and oxygen atoms in total. The predicted molar refractivity (Wildman–Crippen MR) is 97.4 cm³/mol. The van der Waals surface area contributed by atoms with E-state index in [4.69, 9.17) is 6.42 Å². The van der Waals surface area contributed by atoms with Crippen LogP contribution in [0.5, 0.6) is 0 Å². The van der Waals surface area contributed by atoms with Crippen LogP contribution in [0.2, 0.25) is 0 Å². The Kier molecular flexibility index (Phi) is 3.76. The zero-order valence-corrected chi connectivity index (χ0v) is 15.7. The third-order valence-electron chi connectivity index (χ3n) is 8.90. The molecule has 3 saturated carbocycles. The maximum absolute atomic E-state index is 11.3. The summed E-state index contributed by atoms with van der Waals surface area (Å²) in [7, 11) is 0. The number of aliphatic hydroxyl groups excluding tert-OH is 2. The summed E-state index contributed by atoms with van der Waals surface area (Å²) in [5.41, 5.74) is -0.0680. The third kappa shape index (κ3) is 2.05. The summed E-state index contributed by atoms with van der Waals surface area (Å²) in [5, 5.41) is 32.4. The molecular weight excluding hydrogens is 312 g/mol. The zero-order chi connectivity index (χ0) is 18.2. The molecule has 4 rings (SSSR count). The van der Waals surface area contributed by atoms with Crippen molar-refractivity contribution in [1.82, 2.24) is 0 Å². The highest BCUT2D eigenvalue weighted by Gasteiger charge is 2.67. The third-order valence-corrected chi connectivity index (χ3v) is 8.90. The summed E-state index contributed by atoms with van der Waals surface area (Å²) in [6.45, 7) is 6.55. The smallest absolute Gasteiger partial charge is 0.133 e. The van der Waals surface area contributed by atoms with E-state index in [1.54, 1.807) is 0 Å². The van der Waals surface area contributed by atoms with Gasteiger partial charge in [-0.3, -0.25) is 0 Å². The van der Waals surface area contributed by atoms with Crippen LogP contribution in [0.3, 0.4) is 0 Å². The fourth-order valence-electron chi connectivity index (χ4n) is 7.28.